The molecule has 0 fully saturated rings. The molecular weight excluding hydrogens is 453 g/mol. The van der Waals surface area contributed by atoms with Crippen molar-refractivity contribution in [1.82, 2.24) is 0 Å². The summed E-state index contributed by atoms with van der Waals surface area (Å²) in [7, 11) is 0. The fraction of sp³-hybridized carbons (Fsp3) is 0.0909. The molecule has 2 rings (SSSR count). The van der Waals surface area contributed by atoms with E-state index in [2.05, 4.69) is 47.8 Å². The molecule has 0 amide bonds. The van der Waals surface area contributed by atoms with Crippen molar-refractivity contribution in [3.05, 3.63) is 52.5 Å². The number of nitrogens with two attached hydrogens (primary N) is 1. The van der Waals surface area contributed by atoms with Crippen molar-refractivity contribution < 1.29 is 0 Å². The number of benzene rings is 1. The number of halogens is 4. The first-order valence-corrected chi connectivity index (χ1v) is 8.21. The Balaban J connectivity index is 2.40. The highest BCUT2D eigenvalue weighted by molar-refractivity contribution is 9.12. The highest BCUT2D eigenvalue weighted by Crippen LogP contribution is 2.37. The Bertz CT molecular complexity index is 556. The third-order valence-electron chi connectivity index (χ3n) is 2.32. The van der Waals surface area contributed by atoms with Gasteiger partial charge in [-0.1, -0.05) is 17.7 Å². The standard InChI is InChI=1S/C11H7Br3ClNS/c12-7-3-5(1-2-8(7)15)10(16)6-4-9(13)17-11(6)14/h1-4,10H,16H2. The molecule has 0 bridgehead atoms. The second-order valence-corrected chi connectivity index (χ2v) is 8.44. The second kappa shape index (κ2) is 5.72. The van der Waals surface area contributed by atoms with Crippen LogP contribution in [-0.4, -0.2) is 0 Å². The number of hydrogen-bond acceptors (Lipinski definition) is 2. The lowest BCUT2D eigenvalue weighted by molar-refractivity contribution is 0.871. The average Bonchev–Trinajstić information content (AvgIpc) is 2.61. The Morgan fingerprint density at radius 2 is 1.88 bits per heavy atom. The van der Waals surface area contributed by atoms with Gasteiger partial charge in [0.15, 0.2) is 0 Å². The zero-order chi connectivity index (χ0) is 12.6. The topological polar surface area (TPSA) is 26.0 Å². The molecule has 2 N–H and O–H groups in total. The Morgan fingerprint density at radius 1 is 1.18 bits per heavy atom. The first kappa shape index (κ1) is 14.0. The second-order valence-electron chi connectivity index (χ2n) is 3.43. The molecule has 0 aliphatic heterocycles. The fourth-order valence-electron chi connectivity index (χ4n) is 1.45. The third-order valence-corrected chi connectivity index (χ3v) is 5.92. The van der Waals surface area contributed by atoms with Crippen LogP contribution in [-0.2, 0) is 0 Å². The average molecular weight is 460 g/mol. The quantitative estimate of drug-likeness (QED) is 0.608. The molecule has 0 aliphatic carbocycles. The van der Waals surface area contributed by atoms with Gasteiger partial charge in [-0.2, -0.15) is 0 Å². The molecule has 1 aromatic carbocycles. The van der Waals surface area contributed by atoms with Crippen molar-refractivity contribution in [2.75, 3.05) is 0 Å². The van der Waals surface area contributed by atoms with Gasteiger partial charge in [-0.3, -0.25) is 0 Å². The summed E-state index contributed by atoms with van der Waals surface area (Å²) in [5.41, 5.74) is 8.33. The zero-order valence-corrected chi connectivity index (χ0v) is 14.7. The van der Waals surface area contributed by atoms with Gasteiger partial charge in [-0.25, -0.2) is 0 Å². The smallest absolute Gasteiger partial charge is 0.0761 e. The number of thiophene rings is 1. The lowest BCUT2D eigenvalue weighted by Crippen LogP contribution is -2.11. The molecule has 0 radical (unpaired) electrons. The van der Waals surface area contributed by atoms with Crippen molar-refractivity contribution in [2.45, 2.75) is 6.04 Å². The monoisotopic (exact) mass is 457 g/mol. The molecule has 90 valence electrons. The van der Waals surface area contributed by atoms with E-state index in [1.54, 1.807) is 11.3 Å². The Labute approximate surface area is 134 Å². The number of hydrogen-bond donors (Lipinski definition) is 1. The third kappa shape index (κ3) is 3.14. The molecule has 1 aromatic heterocycles. The normalized spacial score (nSPS) is 12.8. The predicted octanol–water partition coefficient (Wildman–Crippen LogP) is 5.74. The molecule has 2 aromatic rings. The maximum atomic E-state index is 6.24. The zero-order valence-electron chi connectivity index (χ0n) is 8.38. The Morgan fingerprint density at radius 3 is 2.41 bits per heavy atom. The maximum absolute atomic E-state index is 6.24. The van der Waals surface area contributed by atoms with Crippen molar-refractivity contribution in [3.8, 4) is 0 Å². The van der Waals surface area contributed by atoms with Crippen LogP contribution in [0, 0.1) is 0 Å². The van der Waals surface area contributed by atoms with Gasteiger partial charge in [0.2, 0.25) is 0 Å². The van der Waals surface area contributed by atoms with Gasteiger partial charge in [-0.05, 0) is 77.1 Å². The minimum Gasteiger partial charge on any atom is -0.320 e. The van der Waals surface area contributed by atoms with Crippen LogP contribution in [0.15, 0.2) is 36.3 Å². The van der Waals surface area contributed by atoms with E-state index in [4.69, 9.17) is 17.3 Å². The summed E-state index contributed by atoms with van der Waals surface area (Å²) in [6, 6.07) is 7.60. The summed E-state index contributed by atoms with van der Waals surface area (Å²) >= 11 is 18.0. The van der Waals surface area contributed by atoms with Crippen LogP contribution in [0.4, 0.5) is 0 Å². The van der Waals surface area contributed by atoms with E-state index >= 15 is 0 Å². The highest BCUT2D eigenvalue weighted by atomic mass is 79.9. The predicted molar refractivity (Wildman–Crippen MR) is 84.9 cm³/mol. The van der Waals surface area contributed by atoms with E-state index in [0.717, 1.165) is 23.2 Å². The Hall–Kier alpha value is 0.610. The van der Waals surface area contributed by atoms with Crippen LogP contribution in [0.2, 0.25) is 5.02 Å². The first-order valence-electron chi connectivity index (χ1n) is 4.64. The highest BCUT2D eigenvalue weighted by Gasteiger charge is 2.16. The number of rotatable bonds is 2. The molecule has 17 heavy (non-hydrogen) atoms. The largest absolute Gasteiger partial charge is 0.320 e. The SMILES string of the molecule is NC(c1ccc(Cl)c(Br)c1)c1cc(Br)sc1Br. The van der Waals surface area contributed by atoms with Crippen molar-refractivity contribution in [3.63, 3.8) is 0 Å². The minimum absolute atomic E-state index is 0.166. The van der Waals surface area contributed by atoms with Gasteiger partial charge in [0, 0.05) is 4.47 Å². The lowest BCUT2D eigenvalue weighted by Gasteiger charge is -2.12. The van der Waals surface area contributed by atoms with Crippen LogP contribution in [0.1, 0.15) is 17.2 Å². The minimum atomic E-state index is -0.166. The van der Waals surface area contributed by atoms with Crippen molar-refractivity contribution in [1.29, 1.82) is 0 Å². The van der Waals surface area contributed by atoms with Gasteiger partial charge < -0.3 is 5.73 Å². The van der Waals surface area contributed by atoms with Gasteiger partial charge in [0.25, 0.3) is 0 Å². The van der Waals surface area contributed by atoms with Crippen LogP contribution in [0.3, 0.4) is 0 Å². The van der Waals surface area contributed by atoms with Gasteiger partial charge in [-0.15, -0.1) is 11.3 Å². The molecule has 6 heteroatoms. The van der Waals surface area contributed by atoms with Crippen molar-refractivity contribution >= 4 is 70.7 Å². The van der Waals surface area contributed by atoms with Crippen LogP contribution in [0.25, 0.3) is 0 Å². The van der Waals surface area contributed by atoms with Gasteiger partial charge in [0.1, 0.15) is 0 Å². The molecular formula is C11H7Br3ClNS. The fourth-order valence-corrected chi connectivity index (χ4v) is 4.89. The van der Waals surface area contributed by atoms with Crippen LogP contribution in [0.5, 0.6) is 0 Å². The van der Waals surface area contributed by atoms with E-state index in [-0.39, 0.29) is 6.04 Å². The van der Waals surface area contributed by atoms with Crippen LogP contribution < -0.4 is 5.73 Å². The molecule has 0 saturated heterocycles. The summed E-state index contributed by atoms with van der Waals surface area (Å²) in [6.45, 7) is 0. The van der Waals surface area contributed by atoms with E-state index in [0.29, 0.717) is 5.02 Å². The first-order chi connectivity index (χ1) is 7.99. The molecule has 1 unspecified atom stereocenters. The Kier molecular flexibility index (Phi) is 4.72. The van der Waals surface area contributed by atoms with E-state index in [9.17, 15) is 0 Å². The molecule has 1 atom stereocenters. The molecule has 1 heterocycles. The summed E-state index contributed by atoms with van der Waals surface area (Å²) in [4.78, 5) is 0. The van der Waals surface area contributed by atoms with E-state index < -0.39 is 0 Å². The van der Waals surface area contributed by atoms with E-state index in [1.165, 1.54) is 0 Å². The lowest BCUT2D eigenvalue weighted by atomic mass is 10.0. The van der Waals surface area contributed by atoms with Crippen molar-refractivity contribution in [2.24, 2.45) is 5.73 Å². The summed E-state index contributed by atoms with van der Waals surface area (Å²) in [5.74, 6) is 0. The molecule has 0 spiro atoms. The van der Waals surface area contributed by atoms with Gasteiger partial charge in [0.05, 0.1) is 18.6 Å². The van der Waals surface area contributed by atoms with Crippen LogP contribution >= 0.6 is 70.7 Å². The maximum Gasteiger partial charge on any atom is 0.0761 e. The summed E-state index contributed by atoms with van der Waals surface area (Å²) in [6.07, 6.45) is 0. The molecule has 0 saturated carbocycles. The molecule has 1 nitrogen and oxygen atoms in total. The molecule has 0 aliphatic rings. The summed E-state index contributed by atoms with van der Waals surface area (Å²) < 4.78 is 2.96. The summed E-state index contributed by atoms with van der Waals surface area (Å²) in [5, 5.41) is 0.687. The van der Waals surface area contributed by atoms with E-state index in [1.807, 2.05) is 24.3 Å². The van der Waals surface area contributed by atoms with Gasteiger partial charge >= 0.3 is 0 Å².